The van der Waals surface area contributed by atoms with E-state index in [9.17, 15) is 13.2 Å². The number of anilines is 1. The Bertz CT molecular complexity index is 653. The number of rotatable bonds is 4. The maximum atomic E-state index is 12.4. The van der Waals surface area contributed by atoms with Crippen molar-refractivity contribution in [1.82, 2.24) is 5.32 Å². The number of amides is 1. The first-order chi connectivity index (χ1) is 10.8. The van der Waals surface area contributed by atoms with Gasteiger partial charge < -0.3 is 5.32 Å². The number of sulfonamides is 1. The second kappa shape index (κ2) is 8.02. The first-order valence-electron chi connectivity index (χ1n) is 7.93. The highest BCUT2D eigenvalue weighted by Gasteiger charge is 2.17. The van der Waals surface area contributed by atoms with Crippen LogP contribution in [0.1, 0.15) is 55.3 Å². The van der Waals surface area contributed by atoms with E-state index in [2.05, 4.69) is 10.0 Å². The van der Waals surface area contributed by atoms with Gasteiger partial charge in [0, 0.05) is 11.7 Å². The molecule has 1 amide bonds. The number of carbonyl (C=O) groups is 1. The zero-order valence-electron chi connectivity index (χ0n) is 13.3. The van der Waals surface area contributed by atoms with Crippen LogP contribution in [0.4, 0.5) is 5.69 Å². The number of halogens is 1. The number of carbonyl (C=O) groups excluding carboxylic acids is 1. The van der Waals surface area contributed by atoms with Gasteiger partial charge in [-0.15, -0.1) is 0 Å². The SMILES string of the molecule is CS(=O)(=O)Nc1ccc(C(=O)NC2CCCCCCC2)c(Cl)c1. The zero-order chi connectivity index (χ0) is 16.9. The van der Waals surface area contributed by atoms with Gasteiger partial charge in [0.15, 0.2) is 0 Å². The molecule has 5 nitrogen and oxygen atoms in total. The summed E-state index contributed by atoms with van der Waals surface area (Å²) in [4.78, 5) is 12.4. The van der Waals surface area contributed by atoms with Crippen LogP contribution in [0.25, 0.3) is 0 Å². The Balaban J connectivity index is 2.03. The summed E-state index contributed by atoms with van der Waals surface area (Å²) in [6.07, 6.45) is 9.05. The van der Waals surface area contributed by atoms with E-state index < -0.39 is 10.0 Å². The molecule has 2 rings (SSSR count). The normalized spacial score (nSPS) is 17.1. The van der Waals surface area contributed by atoms with E-state index in [1.54, 1.807) is 12.1 Å². The summed E-state index contributed by atoms with van der Waals surface area (Å²) in [6, 6.07) is 4.73. The fraction of sp³-hybridized carbons (Fsp3) is 0.562. The molecule has 1 aromatic carbocycles. The molecule has 1 aromatic rings. The largest absolute Gasteiger partial charge is 0.349 e. The van der Waals surface area contributed by atoms with E-state index in [-0.39, 0.29) is 17.0 Å². The van der Waals surface area contributed by atoms with Crippen molar-refractivity contribution in [3.63, 3.8) is 0 Å². The van der Waals surface area contributed by atoms with Crippen LogP contribution in [-0.2, 0) is 10.0 Å². The molecule has 0 radical (unpaired) electrons. The summed E-state index contributed by atoms with van der Waals surface area (Å²) in [5.74, 6) is -0.202. The van der Waals surface area contributed by atoms with Crippen LogP contribution in [0.3, 0.4) is 0 Å². The van der Waals surface area contributed by atoms with Crippen molar-refractivity contribution < 1.29 is 13.2 Å². The Morgan fingerprint density at radius 2 is 1.74 bits per heavy atom. The molecule has 0 saturated heterocycles. The van der Waals surface area contributed by atoms with Crippen molar-refractivity contribution in [3.8, 4) is 0 Å². The highest BCUT2D eigenvalue weighted by Crippen LogP contribution is 2.23. The summed E-state index contributed by atoms with van der Waals surface area (Å²) in [5.41, 5.74) is 0.716. The van der Waals surface area contributed by atoms with E-state index in [1.165, 1.54) is 25.3 Å². The standard InChI is InChI=1S/C16H23ClN2O3S/c1-23(21,22)19-13-9-10-14(15(17)11-13)16(20)18-12-7-5-3-2-4-6-8-12/h9-12,19H,2-8H2,1H3,(H,18,20). The molecule has 23 heavy (non-hydrogen) atoms. The van der Waals surface area contributed by atoms with E-state index in [1.807, 2.05) is 0 Å². The molecule has 0 heterocycles. The average molecular weight is 359 g/mol. The van der Waals surface area contributed by atoms with E-state index in [4.69, 9.17) is 11.6 Å². The van der Waals surface area contributed by atoms with Crippen molar-refractivity contribution in [2.45, 2.75) is 51.0 Å². The van der Waals surface area contributed by atoms with Crippen molar-refractivity contribution in [3.05, 3.63) is 28.8 Å². The fourth-order valence-corrected chi connectivity index (χ4v) is 3.66. The summed E-state index contributed by atoms with van der Waals surface area (Å²) in [7, 11) is -3.37. The van der Waals surface area contributed by atoms with Gasteiger partial charge in [-0.2, -0.15) is 0 Å². The topological polar surface area (TPSA) is 75.3 Å². The Morgan fingerprint density at radius 1 is 1.13 bits per heavy atom. The lowest BCUT2D eigenvalue weighted by atomic mass is 9.96. The van der Waals surface area contributed by atoms with Crippen LogP contribution in [0.2, 0.25) is 5.02 Å². The van der Waals surface area contributed by atoms with E-state index in [0.717, 1.165) is 31.9 Å². The molecule has 0 aromatic heterocycles. The summed E-state index contributed by atoms with van der Waals surface area (Å²) in [6.45, 7) is 0. The lowest BCUT2D eigenvalue weighted by molar-refractivity contribution is 0.0930. The molecule has 1 aliphatic carbocycles. The molecule has 0 aliphatic heterocycles. The summed E-state index contributed by atoms with van der Waals surface area (Å²) < 4.78 is 24.8. The van der Waals surface area contributed by atoms with Crippen LogP contribution in [0.5, 0.6) is 0 Å². The first-order valence-corrected chi connectivity index (χ1v) is 10.2. The molecule has 7 heteroatoms. The minimum Gasteiger partial charge on any atom is -0.349 e. The van der Waals surface area contributed by atoms with Gasteiger partial charge in [0.2, 0.25) is 10.0 Å². The van der Waals surface area contributed by atoms with Gasteiger partial charge in [0.05, 0.1) is 16.8 Å². The third-order valence-corrected chi connectivity index (χ3v) is 4.88. The molecule has 2 N–H and O–H groups in total. The number of benzene rings is 1. The van der Waals surface area contributed by atoms with Crippen molar-refractivity contribution in [2.75, 3.05) is 11.0 Å². The molecule has 0 spiro atoms. The van der Waals surface area contributed by atoms with Crippen molar-refractivity contribution in [2.24, 2.45) is 0 Å². The number of hydrogen-bond acceptors (Lipinski definition) is 3. The van der Waals surface area contributed by atoms with Crippen molar-refractivity contribution >= 4 is 33.2 Å². The average Bonchev–Trinajstić information content (AvgIpc) is 2.39. The quantitative estimate of drug-likeness (QED) is 0.864. The zero-order valence-corrected chi connectivity index (χ0v) is 14.8. The number of nitrogens with one attached hydrogen (secondary N) is 2. The Kier molecular flexibility index (Phi) is 6.30. The molecule has 0 unspecified atom stereocenters. The van der Waals surface area contributed by atoms with Gasteiger partial charge in [-0.3, -0.25) is 9.52 Å². The van der Waals surface area contributed by atoms with E-state index >= 15 is 0 Å². The van der Waals surface area contributed by atoms with Gasteiger partial charge in [-0.1, -0.05) is 43.7 Å². The lowest BCUT2D eigenvalue weighted by Gasteiger charge is -2.21. The third-order valence-electron chi connectivity index (χ3n) is 3.96. The molecular formula is C16H23ClN2O3S. The highest BCUT2D eigenvalue weighted by molar-refractivity contribution is 7.92. The van der Waals surface area contributed by atoms with Crippen LogP contribution >= 0.6 is 11.6 Å². The Morgan fingerprint density at radius 3 is 2.30 bits per heavy atom. The molecule has 0 atom stereocenters. The van der Waals surface area contributed by atoms with Gasteiger partial charge in [0.1, 0.15) is 0 Å². The highest BCUT2D eigenvalue weighted by atomic mass is 35.5. The Hall–Kier alpha value is -1.27. The molecule has 1 aliphatic rings. The lowest BCUT2D eigenvalue weighted by Crippen LogP contribution is -2.35. The predicted octanol–water partition coefficient (Wildman–Crippen LogP) is 3.55. The molecule has 1 fully saturated rings. The van der Waals surface area contributed by atoms with Crippen LogP contribution < -0.4 is 10.0 Å². The maximum Gasteiger partial charge on any atom is 0.253 e. The predicted molar refractivity (Wildman–Crippen MR) is 93.5 cm³/mol. The number of hydrogen-bond donors (Lipinski definition) is 2. The van der Waals surface area contributed by atoms with Crippen LogP contribution in [0, 0.1) is 0 Å². The molecule has 0 bridgehead atoms. The fourth-order valence-electron chi connectivity index (χ4n) is 2.84. The summed E-state index contributed by atoms with van der Waals surface area (Å²) in [5, 5.41) is 3.29. The molecule has 128 valence electrons. The smallest absolute Gasteiger partial charge is 0.253 e. The summed E-state index contributed by atoms with van der Waals surface area (Å²) >= 11 is 6.13. The van der Waals surface area contributed by atoms with Crippen molar-refractivity contribution in [1.29, 1.82) is 0 Å². The monoisotopic (exact) mass is 358 g/mol. The second-order valence-corrected chi connectivity index (χ2v) is 8.24. The van der Waals surface area contributed by atoms with Gasteiger partial charge in [0.25, 0.3) is 5.91 Å². The molecular weight excluding hydrogens is 336 g/mol. The second-order valence-electron chi connectivity index (χ2n) is 6.08. The third kappa shape index (κ3) is 6.03. The van der Waals surface area contributed by atoms with Crippen LogP contribution in [0.15, 0.2) is 18.2 Å². The minimum atomic E-state index is -3.37. The van der Waals surface area contributed by atoms with E-state index in [0.29, 0.717) is 11.3 Å². The maximum absolute atomic E-state index is 12.4. The molecule has 1 saturated carbocycles. The van der Waals surface area contributed by atoms with Gasteiger partial charge in [-0.05, 0) is 31.0 Å². The Labute approximate surface area is 142 Å². The van der Waals surface area contributed by atoms with Gasteiger partial charge in [-0.25, -0.2) is 8.42 Å². The van der Waals surface area contributed by atoms with Crippen LogP contribution in [-0.4, -0.2) is 26.6 Å². The van der Waals surface area contributed by atoms with Gasteiger partial charge >= 0.3 is 0 Å². The minimum absolute atomic E-state index is 0.188. The first kappa shape index (κ1) is 18.1.